The van der Waals surface area contributed by atoms with Crippen LogP contribution in [-0.4, -0.2) is 25.2 Å². The van der Waals surface area contributed by atoms with E-state index in [0.717, 1.165) is 23.3 Å². The van der Waals surface area contributed by atoms with Crippen molar-refractivity contribution in [2.24, 2.45) is 0 Å². The van der Waals surface area contributed by atoms with Crippen molar-refractivity contribution in [3.63, 3.8) is 0 Å². The summed E-state index contributed by atoms with van der Waals surface area (Å²) in [6.07, 6.45) is 2.12. The number of nitrogens with one attached hydrogen (secondary N) is 2. The van der Waals surface area contributed by atoms with Crippen LogP contribution in [-0.2, 0) is 11.2 Å². The second kappa shape index (κ2) is 9.66. The van der Waals surface area contributed by atoms with E-state index in [1.807, 2.05) is 17.5 Å². The maximum absolute atomic E-state index is 12.6. The molecule has 2 amide bonds. The number of rotatable bonds is 8. The van der Waals surface area contributed by atoms with Gasteiger partial charge in [-0.2, -0.15) is 0 Å². The van der Waals surface area contributed by atoms with E-state index < -0.39 is 0 Å². The van der Waals surface area contributed by atoms with E-state index in [4.69, 9.17) is 9.47 Å². The van der Waals surface area contributed by atoms with Crippen molar-refractivity contribution in [2.45, 2.75) is 25.8 Å². The predicted octanol–water partition coefficient (Wildman–Crippen LogP) is 4.06. The Balaban J connectivity index is 1.40. The third-order valence-electron chi connectivity index (χ3n) is 5.03. The van der Waals surface area contributed by atoms with E-state index in [0.29, 0.717) is 17.1 Å². The molecular weight excluding hydrogens is 412 g/mol. The molecule has 0 radical (unpaired) electrons. The van der Waals surface area contributed by atoms with Gasteiger partial charge in [-0.15, -0.1) is 11.3 Å². The van der Waals surface area contributed by atoms with Gasteiger partial charge in [-0.1, -0.05) is 43.7 Å². The average molecular weight is 437 g/mol. The van der Waals surface area contributed by atoms with E-state index >= 15 is 0 Å². The molecule has 0 saturated heterocycles. The van der Waals surface area contributed by atoms with Gasteiger partial charge in [-0.05, 0) is 47.2 Å². The molecule has 6 nitrogen and oxygen atoms in total. The molecule has 1 aromatic heterocycles. The van der Waals surface area contributed by atoms with Gasteiger partial charge in [0.15, 0.2) is 11.5 Å². The maximum atomic E-state index is 12.6. The summed E-state index contributed by atoms with van der Waals surface area (Å²) in [6, 6.07) is 17.0. The van der Waals surface area contributed by atoms with Crippen LogP contribution < -0.4 is 20.1 Å². The lowest BCUT2D eigenvalue weighted by Gasteiger charge is -2.19. The number of aryl methyl sites for hydroxylation is 1. The van der Waals surface area contributed by atoms with Crippen LogP contribution >= 0.6 is 11.3 Å². The van der Waals surface area contributed by atoms with Crippen LogP contribution in [0.1, 0.15) is 45.7 Å². The molecule has 2 aromatic carbocycles. The van der Waals surface area contributed by atoms with Crippen LogP contribution in [0.4, 0.5) is 0 Å². The Kier molecular flexibility index (Phi) is 6.52. The number of fused-ring (bicyclic) bond motifs is 1. The smallest absolute Gasteiger partial charge is 0.251 e. The van der Waals surface area contributed by atoms with Crippen LogP contribution in [0.15, 0.2) is 60.0 Å². The van der Waals surface area contributed by atoms with Gasteiger partial charge in [0.1, 0.15) is 0 Å². The van der Waals surface area contributed by atoms with Gasteiger partial charge in [0.2, 0.25) is 12.7 Å². The Hall–Kier alpha value is -3.32. The first-order valence-electron chi connectivity index (χ1n) is 10.2. The van der Waals surface area contributed by atoms with Gasteiger partial charge in [0.25, 0.3) is 5.91 Å². The minimum absolute atomic E-state index is 0.122. The van der Waals surface area contributed by atoms with E-state index in [2.05, 4.69) is 41.8 Å². The normalized spacial score (nSPS) is 12.9. The standard InChI is InChI=1S/C24H24N2O4S/c1-2-4-16-6-8-17(9-7-16)23(21-5-3-12-31-21)26-22(27)14-25-24(28)18-10-11-19-20(13-18)30-15-29-19/h3,5-13,23H,2,4,14-15H2,1H3,(H,25,28)(H,26,27)/t23-/m0/s1. The fraction of sp³-hybridized carbons (Fsp3) is 0.250. The first-order chi connectivity index (χ1) is 15.1. The highest BCUT2D eigenvalue weighted by molar-refractivity contribution is 7.10. The zero-order valence-corrected chi connectivity index (χ0v) is 18.0. The van der Waals surface area contributed by atoms with Crippen molar-refractivity contribution < 1.29 is 19.1 Å². The van der Waals surface area contributed by atoms with Crippen molar-refractivity contribution in [2.75, 3.05) is 13.3 Å². The van der Waals surface area contributed by atoms with Gasteiger partial charge < -0.3 is 20.1 Å². The van der Waals surface area contributed by atoms with Crippen molar-refractivity contribution in [3.05, 3.63) is 81.5 Å². The summed E-state index contributed by atoms with van der Waals surface area (Å²) in [5.41, 5.74) is 2.70. The quantitative estimate of drug-likeness (QED) is 0.558. The molecule has 0 fully saturated rings. The molecule has 0 spiro atoms. The van der Waals surface area contributed by atoms with Gasteiger partial charge in [-0.3, -0.25) is 9.59 Å². The fourth-order valence-corrected chi connectivity index (χ4v) is 4.25. The molecule has 2 heterocycles. The topological polar surface area (TPSA) is 76.7 Å². The first-order valence-corrected chi connectivity index (χ1v) is 11.1. The Bertz CT molecular complexity index is 1050. The number of carbonyl (C=O) groups excluding carboxylic acids is 2. The lowest BCUT2D eigenvalue weighted by Crippen LogP contribution is -2.38. The molecule has 0 bridgehead atoms. The minimum atomic E-state index is -0.343. The van der Waals surface area contributed by atoms with E-state index in [1.165, 1.54) is 5.56 Å². The van der Waals surface area contributed by atoms with Crippen LogP contribution in [0.5, 0.6) is 11.5 Å². The first kappa shape index (κ1) is 20.9. The van der Waals surface area contributed by atoms with Gasteiger partial charge >= 0.3 is 0 Å². The second-order valence-corrected chi connectivity index (χ2v) is 8.24. The van der Waals surface area contributed by atoms with Crippen LogP contribution in [0.2, 0.25) is 0 Å². The van der Waals surface area contributed by atoms with Crippen molar-refractivity contribution in [3.8, 4) is 11.5 Å². The van der Waals surface area contributed by atoms with Gasteiger partial charge in [0.05, 0.1) is 12.6 Å². The van der Waals surface area contributed by atoms with Crippen LogP contribution in [0.3, 0.4) is 0 Å². The van der Waals surface area contributed by atoms with Crippen molar-refractivity contribution in [1.82, 2.24) is 10.6 Å². The van der Waals surface area contributed by atoms with Gasteiger partial charge in [0, 0.05) is 10.4 Å². The molecule has 1 atom stereocenters. The molecule has 4 rings (SSSR count). The summed E-state index contributed by atoms with van der Waals surface area (Å²) in [6.45, 7) is 2.18. The number of benzene rings is 2. The average Bonchev–Trinajstić information content (AvgIpc) is 3.48. The molecule has 0 saturated carbocycles. The zero-order chi connectivity index (χ0) is 21.6. The second-order valence-electron chi connectivity index (χ2n) is 7.26. The lowest BCUT2D eigenvalue weighted by molar-refractivity contribution is -0.120. The Morgan fingerprint density at radius 3 is 2.61 bits per heavy atom. The number of thiophene rings is 1. The molecule has 0 unspecified atom stereocenters. The molecule has 0 aliphatic carbocycles. The summed E-state index contributed by atoms with van der Waals surface area (Å²) in [5.74, 6) is 0.537. The third kappa shape index (κ3) is 5.06. The maximum Gasteiger partial charge on any atom is 0.251 e. The molecule has 3 aromatic rings. The van der Waals surface area contributed by atoms with Gasteiger partial charge in [-0.25, -0.2) is 0 Å². The highest BCUT2D eigenvalue weighted by Crippen LogP contribution is 2.32. The molecule has 31 heavy (non-hydrogen) atoms. The summed E-state index contributed by atoms with van der Waals surface area (Å²) < 4.78 is 10.6. The minimum Gasteiger partial charge on any atom is -0.454 e. The van der Waals surface area contributed by atoms with E-state index in [1.54, 1.807) is 29.5 Å². The predicted molar refractivity (Wildman–Crippen MR) is 120 cm³/mol. The number of amides is 2. The number of ether oxygens (including phenoxy) is 2. The zero-order valence-electron chi connectivity index (χ0n) is 17.2. The molecule has 7 heteroatoms. The number of hydrogen-bond donors (Lipinski definition) is 2. The van der Waals surface area contributed by atoms with Crippen molar-refractivity contribution in [1.29, 1.82) is 0 Å². The lowest BCUT2D eigenvalue weighted by atomic mass is 10.0. The number of hydrogen-bond acceptors (Lipinski definition) is 5. The Morgan fingerprint density at radius 2 is 1.87 bits per heavy atom. The Morgan fingerprint density at radius 1 is 1.06 bits per heavy atom. The highest BCUT2D eigenvalue weighted by atomic mass is 32.1. The van der Waals surface area contributed by atoms with Crippen molar-refractivity contribution >= 4 is 23.2 Å². The number of carbonyl (C=O) groups is 2. The van der Waals surface area contributed by atoms with Crippen LogP contribution in [0, 0.1) is 0 Å². The highest BCUT2D eigenvalue weighted by Gasteiger charge is 2.20. The molecular formula is C24H24N2O4S. The van der Waals surface area contributed by atoms with E-state index in [-0.39, 0.29) is 31.2 Å². The fourth-order valence-electron chi connectivity index (χ4n) is 3.45. The summed E-state index contributed by atoms with van der Waals surface area (Å²) >= 11 is 1.59. The molecule has 1 aliphatic heterocycles. The monoisotopic (exact) mass is 436 g/mol. The summed E-state index contributed by atoms with van der Waals surface area (Å²) in [7, 11) is 0. The molecule has 2 N–H and O–H groups in total. The Labute approximate surface area is 185 Å². The summed E-state index contributed by atoms with van der Waals surface area (Å²) in [4.78, 5) is 26.1. The molecule has 1 aliphatic rings. The molecule has 160 valence electrons. The SMILES string of the molecule is CCCc1ccc([C@H](NC(=O)CNC(=O)c2ccc3c(c2)OCO3)c2cccs2)cc1. The van der Waals surface area contributed by atoms with E-state index in [9.17, 15) is 9.59 Å². The van der Waals surface area contributed by atoms with Crippen LogP contribution in [0.25, 0.3) is 0 Å². The third-order valence-corrected chi connectivity index (χ3v) is 5.97. The largest absolute Gasteiger partial charge is 0.454 e. The summed E-state index contributed by atoms with van der Waals surface area (Å²) in [5, 5.41) is 7.71.